The van der Waals surface area contributed by atoms with Crippen LogP contribution in [0.2, 0.25) is 0 Å². The standard InChI is InChI=1S/C12H17BrF2N2O2S/c1-3-4-16-7-8(2)20(18,19)17-12-10(13)5-9(14)6-11(12)15/h5-6,8,16-17H,3-4,7H2,1-2H3. The van der Waals surface area contributed by atoms with Crippen LogP contribution in [0.1, 0.15) is 20.3 Å². The molecule has 0 aliphatic rings. The van der Waals surface area contributed by atoms with Crippen molar-refractivity contribution in [3.8, 4) is 0 Å². The lowest BCUT2D eigenvalue weighted by atomic mass is 10.3. The zero-order chi connectivity index (χ0) is 15.3. The predicted molar refractivity (Wildman–Crippen MR) is 79.2 cm³/mol. The number of anilines is 1. The molecule has 2 N–H and O–H groups in total. The molecule has 1 rings (SSSR count). The van der Waals surface area contributed by atoms with Gasteiger partial charge in [0.25, 0.3) is 0 Å². The van der Waals surface area contributed by atoms with Crippen molar-refractivity contribution >= 4 is 31.6 Å². The SMILES string of the molecule is CCCNCC(C)S(=O)(=O)Nc1c(F)cc(F)cc1Br. The summed E-state index contributed by atoms with van der Waals surface area (Å²) in [6.07, 6.45) is 0.887. The highest BCUT2D eigenvalue weighted by molar-refractivity contribution is 9.10. The second-order valence-electron chi connectivity index (χ2n) is 4.41. The van der Waals surface area contributed by atoms with Crippen LogP contribution < -0.4 is 10.0 Å². The van der Waals surface area contributed by atoms with Crippen molar-refractivity contribution in [2.45, 2.75) is 25.5 Å². The van der Waals surface area contributed by atoms with Gasteiger partial charge in [-0.15, -0.1) is 0 Å². The van der Waals surface area contributed by atoms with Gasteiger partial charge in [0, 0.05) is 17.1 Å². The number of hydrogen-bond donors (Lipinski definition) is 2. The molecule has 0 saturated carbocycles. The molecule has 114 valence electrons. The molecule has 1 atom stereocenters. The third-order valence-corrected chi connectivity index (χ3v) is 4.98. The van der Waals surface area contributed by atoms with Crippen molar-refractivity contribution in [1.29, 1.82) is 0 Å². The Morgan fingerprint density at radius 3 is 2.55 bits per heavy atom. The highest BCUT2D eigenvalue weighted by Crippen LogP contribution is 2.28. The molecule has 0 radical (unpaired) electrons. The van der Waals surface area contributed by atoms with Crippen molar-refractivity contribution in [3.05, 3.63) is 28.2 Å². The van der Waals surface area contributed by atoms with Crippen LogP contribution in [0.3, 0.4) is 0 Å². The monoisotopic (exact) mass is 370 g/mol. The number of hydrogen-bond acceptors (Lipinski definition) is 3. The Bertz CT molecular complexity index is 544. The highest BCUT2D eigenvalue weighted by Gasteiger charge is 2.23. The number of nitrogens with one attached hydrogen (secondary N) is 2. The fourth-order valence-corrected chi connectivity index (χ4v) is 3.14. The summed E-state index contributed by atoms with van der Waals surface area (Å²) < 4.78 is 52.8. The van der Waals surface area contributed by atoms with E-state index < -0.39 is 26.9 Å². The summed E-state index contributed by atoms with van der Waals surface area (Å²) in [5.41, 5.74) is -0.284. The number of benzene rings is 1. The third-order valence-electron chi connectivity index (χ3n) is 2.64. The average Bonchev–Trinajstić information content (AvgIpc) is 2.34. The Labute approximate surface area is 126 Å². The lowest BCUT2D eigenvalue weighted by Crippen LogP contribution is -2.35. The van der Waals surface area contributed by atoms with E-state index in [-0.39, 0.29) is 16.7 Å². The minimum Gasteiger partial charge on any atom is -0.315 e. The van der Waals surface area contributed by atoms with Crippen LogP contribution >= 0.6 is 15.9 Å². The summed E-state index contributed by atoms with van der Waals surface area (Å²) in [5.74, 6) is -1.75. The van der Waals surface area contributed by atoms with E-state index in [2.05, 4.69) is 26.0 Å². The van der Waals surface area contributed by atoms with Crippen molar-refractivity contribution in [3.63, 3.8) is 0 Å². The van der Waals surface area contributed by atoms with Crippen LogP contribution in [0, 0.1) is 11.6 Å². The van der Waals surface area contributed by atoms with Gasteiger partial charge in [-0.2, -0.15) is 0 Å². The maximum atomic E-state index is 13.6. The van der Waals surface area contributed by atoms with Crippen molar-refractivity contribution < 1.29 is 17.2 Å². The fraction of sp³-hybridized carbons (Fsp3) is 0.500. The predicted octanol–water partition coefficient (Wildman–Crippen LogP) is 2.86. The summed E-state index contributed by atoms with van der Waals surface area (Å²) in [4.78, 5) is 0. The molecule has 0 bridgehead atoms. The molecule has 1 aromatic carbocycles. The summed E-state index contributed by atoms with van der Waals surface area (Å²) in [7, 11) is -3.76. The Hall–Kier alpha value is -0.730. The lowest BCUT2D eigenvalue weighted by Gasteiger charge is -2.16. The first-order chi connectivity index (χ1) is 9.27. The Morgan fingerprint density at radius 2 is 2.00 bits per heavy atom. The molecule has 0 aliphatic carbocycles. The molecule has 4 nitrogen and oxygen atoms in total. The largest absolute Gasteiger partial charge is 0.315 e. The topological polar surface area (TPSA) is 58.2 Å². The Kier molecular flexibility index (Phi) is 6.35. The van der Waals surface area contributed by atoms with Gasteiger partial charge in [-0.1, -0.05) is 6.92 Å². The van der Waals surface area contributed by atoms with Gasteiger partial charge < -0.3 is 5.32 Å². The lowest BCUT2D eigenvalue weighted by molar-refractivity contribution is 0.571. The second-order valence-corrected chi connectivity index (χ2v) is 7.36. The molecule has 0 spiro atoms. The van der Waals surface area contributed by atoms with Crippen LogP contribution in [0.25, 0.3) is 0 Å². The van der Waals surface area contributed by atoms with E-state index in [0.717, 1.165) is 12.5 Å². The highest BCUT2D eigenvalue weighted by atomic mass is 79.9. The first kappa shape index (κ1) is 17.3. The van der Waals surface area contributed by atoms with Gasteiger partial charge in [-0.25, -0.2) is 17.2 Å². The molecular formula is C12H17BrF2N2O2S. The van der Waals surface area contributed by atoms with Gasteiger partial charge in [0.05, 0.1) is 10.9 Å². The fourth-order valence-electron chi connectivity index (χ4n) is 1.47. The van der Waals surface area contributed by atoms with Crippen LogP contribution in [0.5, 0.6) is 0 Å². The van der Waals surface area contributed by atoms with Crippen LogP contribution in [-0.4, -0.2) is 26.8 Å². The molecule has 0 saturated heterocycles. The maximum absolute atomic E-state index is 13.6. The zero-order valence-corrected chi connectivity index (χ0v) is 13.6. The minimum atomic E-state index is -3.76. The first-order valence-corrected chi connectivity index (χ1v) is 8.48. The van der Waals surface area contributed by atoms with E-state index in [4.69, 9.17) is 0 Å². The number of halogens is 3. The smallest absolute Gasteiger partial charge is 0.236 e. The molecule has 20 heavy (non-hydrogen) atoms. The van der Waals surface area contributed by atoms with Gasteiger partial charge in [0.1, 0.15) is 5.82 Å². The molecule has 1 aromatic rings. The van der Waals surface area contributed by atoms with E-state index >= 15 is 0 Å². The molecule has 0 heterocycles. The maximum Gasteiger partial charge on any atom is 0.236 e. The second kappa shape index (κ2) is 7.33. The summed E-state index contributed by atoms with van der Waals surface area (Å²) in [5, 5.41) is 2.24. The number of sulfonamides is 1. The normalized spacial score (nSPS) is 13.2. The summed E-state index contributed by atoms with van der Waals surface area (Å²) in [6, 6.07) is 1.63. The van der Waals surface area contributed by atoms with Gasteiger partial charge in [-0.05, 0) is 41.9 Å². The Balaban J connectivity index is 2.86. The van der Waals surface area contributed by atoms with E-state index in [9.17, 15) is 17.2 Å². The van der Waals surface area contributed by atoms with Crippen LogP contribution in [0.4, 0.5) is 14.5 Å². The average molecular weight is 371 g/mol. The van der Waals surface area contributed by atoms with Crippen LogP contribution in [-0.2, 0) is 10.0 Å². The minimum absolute atomic E-state index is 0.0206. The summed E-state index contributed by atoms with van der Waals surface area (Å²) in [6.45, 7) is 4.44. The van der Waals surface area contributed by atoms with Gasteiger partial charge in [-0.3, -0.25) is 4.72 Å². The zero-order valence-electron chi connectivity index (χ0n) is 11.2. The van der Waals surface area contributed by atoms with E-state index in [1.807, 2.05) is 6.92 Å². The molecule has 0 aromatic heterocycles. The summed E-state index contributed by atoms with van der Waals surface area (Å²) >= 11 is 2.94. The molecule has 0 aliphatic heterocycles. The van der Waals surface area contributed by atoms with Crippen molar-refractivity contribution in [2.24, 2.45) is 0 Å². The van der Waals surface area contributed by atoms with E-state index in [1.54, 1.807) is 0 Å². The molecule has 0 amide bonds. The van der Waals surface area contributed by atoms with Gasteiger partial charge in [0.15, 0.2) is 5.82 Å². The van der Waals surface area contributed by atoms with E-state index in [0.29, 0.717) is 12.6 Å². The molecule has 1 unspecified atom stereocenters. The quantitative estimate of drug-likeness (QED) is 0.725. The molecular weight excluding hydrogens is 354 g/mol. The Morgan fingerprint density at radius 1 is 1.35 bits per heavy atom. The van der Waals surface area contributed by atoms with Gasteiger partial charge >= 0.3 is 0 Å². The molecule has 0 fully saturated rings. The third kappa shape index (κ3) is 4.68. The van der Waals surface area contributed by atoms with Crippen molar-refractivity contribution in [1.82, 2.24) is 5.32 Å². The van der Waals surface area contributed by atoms with E-state index in [1.165, 1.54) is 6.92 Å². The van der Waals surface area contributed by atoms with Crippen molar-refractivity contribution in [2.75, 3.05) is 17.8 Å². The molecule has 8 heteroatoms. The number of rotatable bonds is 7. The van der Waals surface area contributed by atoms with Crippen LogP contribution in [0.15, 0.2) is 16.6 Å². The first-order valence-electron chi connectivity index (χ1n) is 6.14. The van der Waals surface area contributed by atoms with Gasteiger partial charge in [0.2, 0.25) is 10.0 Å².